The van der Waals surface area contributed by atoms with Gasteiger partial charge in [-0.15, -0.1) is 0 Å². The van der Waals surface area contributed by atoms with Crippen molar-refractivity contribution in [3.05, 3.63) is 89.5 Å². The molecule has 7 heteroatoms. The second-order valence-electron chi connectivity index (χ2n) is 7.35. The van der Waals surface area contributed by atoms with Gasteiger partial charge in [-0.1, -0.05) is 36.4 Å². The molecular formula is C26H23NO6. The summed E-state index contributed by atoms with van der Waals surface area (Å²) in [6.45, 7) is 0. The third-order valence-electron chi connectivity index (χ3n) is 5.55. The van der Waals surface area contributed by atoms with Crippen LogP contribution in [0.3, 0.4) is 0 Å². The number of carbonyl (C=O) groups excluding carboxylic acids is 2. The Kier molecular flexibility index (Phi) is 6.04. The van der Waals surface area contributed by atoms with E-state index >= 15 is 0 Å². The van der Waals surface area contributed by atoms with Crippen LogP contribution < -0.4 is 19.1 Å². The van der Waals surface area contributed by atoms with Crippen molar-refractivity contribution in [1.82, 2.24) is 0 Å². The van der Waals surface area contributed by atoms with Gasteiger partial charge in [-0.3, -0.25) is 14.5 Å². The maximum Gasteiger partial charge on any atom is 0.300 e. The number of Topliss-reactive ketones (excluding diaryl/α,β-unsaturated/α-hetero) is 1. The van der Waals surface area contributed by atoms with Crippen LogP contribution in [-0.4, -0.2) is 38.1 Å². The monoisotopic (exact) mass is 445 g/mol. The normalized spacial score (nSPS) is 17.2. The number of ketones is 1. The maximum absolute atomic E-state index is 13.3. The molecule has 33 heavy (non-hydrogen) atoms. The number of aliphatic hydroxyl groups is 1. The molecule has 0 aliphatic carbocycles. The fourth-order valence-corrected chi connectivity index (χ4v) is 3.95. The quantitative estimate of drug-likeness (QED) is 0.345. The van der Waals surface area contributed by atoms with Crippen LogP contribution in [0.4, 0.5) is 5.69 Å². The molecule has 3 aromatic rings. The second kappa shape index (κ2) is 9.08. The van der Waals surface area contributed by atoms with E-state index in [0.29, 0.717) is 28.5 Å². The largest absolute Gasteiger partial charge is 0.507 e. The summed E-state index contributed by atoms with van der Waals surface area (Å²) in [6.07, 6.45) is 0. The topological polar surface area (TPSA) is 85.3 Å². The Balaban J connectivity index is 1.97. The zero-order valence-corrected chi connectivity index (χ0v) is 18.4. The third kappa shape index (κ3) is 3.89. The summed E-state index contributed by atoms with van der Waals surface area (Å²) in [5, 5.41) is 11.4. The van der Waals surface area contributed by atoms with Crippen molar-refractivity contribution in [3.8, 4) is 17.2 Å². The van der Waals surface area contributed by atoms with Gasteiger partial charge in [0.05, 0.1) is 38.5 Å². The van der Waals surface area contributed by atoms with E-state index in [0.717, 1.165) is 0 Å². The van der Waals surface area contributed by atoms with Crippen LogP contribution in [0.15, 0.2) is 78.4 Å². The first-order valence-electron chi connectivity index (χ1n) is 10.2. The maximum atomic E-state index is 13.3. The number of nitrogens with zero attached hydrogens (tertiary/aromatic N) is 1. The molecule has 7 nitrogen and oxygen atoms in total. The summed E-state index contributed by atoms with van der Waals surface area (Å²) < 4.78 is 16.0. The van der Waals surface area contributed by atoms with Crippen LogP contribution in [0.2, 0.25) is 0 Å². The van der Waals surface area contributed by atoms with E-state index in [4.69, 9.17) is 14.2 Å². The molecule has 0 bridgehead atoms. The van der Waals surface area contributed by atoms with Crippen LogP contribution in [0.25, 0.3) is 5.76 Å². The Bertz CT molecular complexity index is 1230. The molecule has 1 aliphatic heterocycles. The summed E-state index contributed by atoms with van der Waals surface area (Å²) in [5.41, 5.74) is 1.35. The van der Waals surface area contributed by atoms with Crippen molar-refractivity contribution in [2.24, 2.45) is 0 Å². The molecule has 1 amide bonds. The number of rotatable bonds is 6. The molecule has 1 atom stereocenters. The van der Waals surface area contributed by atoms with Gasteiger partial charge in [-0.25, -0.2) is 0 Å². The molecule has 1 unspecified atom stereocenters. The SMILES string of the molecule is COc1cccc(N2C(=O)C(=O)/C(=C(/O)c3cc(OC)ccc3OC)C2c2ccccc2)c1. The first-order valence-corrected chi connectivity index (χ1v) is 10.2. The van der Waals surface area contributed by atoms with Crippen molar-refractivity contribution in [1.29, 1.82) is 0 Å². The summed E-state index contributed by atoms with van der Waals surface area (Å²) in [6, 6.07) is 20.0. The number of hydrogen-bond acceptors (Lipinski definition) is 6. The molecule has 0 radical (unpaired) electrons. The lowest BCUT2D eigenvalue weighted by atomic mass is 9.94. The minimum Gasteiger partial charge on any atom is -0.507 e. The van der Waals surface area contributed by atoms with Gasteiger partial charge in [0.2, 0.25) is 0 Å². The van der Waals surface area contributed by atoms with E-state index in [1.165, 1.54) is 26.2 Å². The third-order valence-corrected chi connectivity index (χ3v) is 5.55. The number of methoxy groups -OCH3 is 3. The highest BCUT2D eigenvalue weighted by Gasteiger charge is 2.47. The minimum absolute atomic E-state index is 0.0411. The van der Waals surface area contributed by atoms with Gasteiger partial charge in [-0.05, 0) is 35.9 Å². The number of ether oxygens (including phenoxy) is 3. The van der Waals surface area contributed by atoms with Crippen LogP contribution in [-0.2, 0) is 9.59 Å². The number of aliphatic hydroxyl groups excluding tert-OH is 1. The minimum atomic E-state index is -0.853. The lowest BCUT2D eigenvalue weighted by molar-refractivity contribution is -0.132. The Morgan fingerprint density at radius 1 is 0.818 bits per heavy atom. The number of anilines is 1. The fourth-order valence-electron chi connectivity index (χ4n) is 3.95. The van der Waals surface area contributed by atoms with Crippen molar-refractivity contribution >= 4 is 23.1 Å². The molecule has 0 saturated carbocycles. The number of amides is 1. The van der Waals surface area contributed by atoms with Gasteiger partial charge < -0.3 is 19.3 Å². The smallest absolute Gasteiger partial charge is 0.300 e. The van der Waals surface area contributed by atoms with Crippen LogP contribution >= 0.6 is 0 Å². The Morgan fingerprint density at radius 3 is 2.18 bits per heavy atom. The first-order chi connectivity index (χ1) is 16.0. The van der Waals surface area contributed by atoms with E-state index in [1.807, 2.05) is 18.2 Å². The van der Waals surface area contributed by atoms with E-state index < -0.39 is 17.7 Å². The lowest BCUT2D eigenvalue weighted by Crippen LogP contribution is -2.29. The number of carbonyl (C=O) groups is 2. The molecule has 1 saturated heterocycles. The fraction of sp³-hybridized carbons (Fsp3) is 0.154. The zero-order chi connectivity index (χ0) is 23.5. The molecule has 1 aliphatic rings. The van der Waals surface area contributed by atoms with Gasteiger partial charge >= 0.3 is 0 Å². The molecule has 168 valence electrons. The molecule has 0 aromatic heterocycles. The molecule has 0 spiro atoms. The first kappa shape index (κ1) is 22.0. The zero-order valence-electron chi connectivity index (χ0n) is 18.4. The summed E-state index contributed by atoms with van der Waals surface area (Å²) in [5.74, 6) is -0.545. The molecule has 1 N–H and O–H groups in total. The van der Waals surface area contributed by atoms with Crippen molar-refractivity contribution in [3.63, 3.8) is 0 Å². The Hall–Kier alpha value is -4.26. The van der Waals surface area contributed by atoms with Crippen LogP contribution in [0.1, 0.15) is 17.2 Å². The summed E-state index contributed by atoms with van der Waals surface area (Å²) in [4.78, 5) is 27.9. The van der Waals surface area contributed by atoms with Gasteiger partial charge in [0.15, 0.2) is 0 Å². The van der Waals surface area contributed by atoms with Crippen LogP contribution in [0, 0.1) is 0 Å². The number of benzene rings is 3. The van der Waals surface area contributed by atoms with Gasteiger partial charge in [0.25, 0.3) is 11.7 Å². The average Bonchev–Trinajstić information content (AvgIpc) is 3.14. The van der Waals surface area contributed by atoms with Gasteiger partial charge in [-0.2, -0.15) is 0 Å². The molecule has 3 aromatic carbocycles. The van der Waals surface area contributed by atoms with Crippen molar-refractivity contribution in [2.45, 2.75) is 6.04 Å². The van der Waals surface area contributed by atoms with E-state index in [1.54, 1.807) is 54.6 Å². The molecule has 1 heterocycles. The highest BCUT2D eigenvalue weighted by Crippen LogP contribution is 2.44. The standard InChI is InChI=1S/C26H23NO6/c1-31-18-11-7-10-17(14-18)27-23(16-8-5-4-6-9-16)22(25(29)26(27)30)24(28)20-15-19(32-2)12-13-21(20)33-3/h4-15,23,28H,1-3H3/b24-22+. The van der Waals surface area contributed by atoms with Gasteiger partial charge in [0.1, 0.15) is 23.0 Å². The highest BCUT2D eigenvalue weighted by molar-refractivity contribution is 6.51. The second-order valence-corrected chi connectivity index (χ2v) is 7.35. The predicted octanol–water partition coefficient (Wildman–Crippen LogP) is 4.34. The van der Waals surface area contributed by atoms with E-state index in [9.17, 15) is 14.7 Å². The van der Waals surface area contributed by atoms with Crippen molar-refractivity contribution in [2.75, 3.05) is 26.2 Å². The average molecular weight is 445 g/mol. The lowest BCUT2D eigenvalue weighted by Gasteiger charge is -2.26. The molecular weight excluding hydrogens is 422 g/mol. The highest BCUT2D eigenvalue weighted by atomic mass is 16.5. The van der Waals surface area contributed by atoms with E-state index in [2.05, 4.69) is 0 Å². The molecule has 1 fully saturated rings. The molecule has 4 rings (SSSR count). The summed E-state index contributed by atoms with van der Waals surface area (Å²) in [7, 11) is 4.48. The Morgan fingerprint density at radius 2 is 1.52 bits per heavy atom. The predicted molar refractivity (Wildman–Crippen MR) is 124 cm³/mol. The summed E-state index contributed by atoms with van der Waals surface area (Å²) >= 11 is 0. The van der Waals surface area contributed by atoms with Crippen molar-refractivity contribution < 1.29 is 28.9 Å². The van der Waals surface area contributed by atoms with Gasteiger partial charge in [0, 0.05) is 11.8 Å². The number of hydrogen-bond donors (Lipinski definition) is 1. The van der Waals surface area contributed by atoms with Crippen LogP contribution in [0.5, 0.6) is 17.2 Å². The Labute approximate surface area is 191 Å². The van der Waals surface area contributed by atoms with E-state index in [-0.39, 0.29) is 16.9 Å².